The van der Waals surface area contributed by atoms with Crippen molar-refractivity contribution in [2.45, 2.75) is 33.1 Å². The van der Waals surface area contributed by atoms with Crippen molar-refractivity contribution in [1.82, 2.24) is 14.8 Å². The van der Waals surface area contributed by atoms with E-state index in [1.165, 1.54) is 0 Å². The van der Waals surface area contributed by atoms with Gasteiger partial charge in [0.2, 0.25) is 0 Å². The number of carbonyl (C=O) groups is 2. The van der Waals surface area contributed by atoms with Crippen LogP contribution in [0.2, 0.25) is 5.02 Å². The molecule has 3 aromatic rings. The third-order valence-corrected chi connectivity index (χ3v) is 4.53. The highest BCUT2D eigenvalue weighted by atomic mass is 35.5. The smallest absolute Gasteiger partial charge is 0.181 e. The van der Waals surface area contributed by atoms with Gasteiger partial charge in [0, 0.05) is 24.1 Å². The second-order valence-corrected chi connectivity index (χ2v) is 7.56. The van der Waals surface area contributed by atoms with E-state index in [-0.39, 0.29) is 17.5 Å². The predicted octanol–water partition coefficient (Wildman–Crippen LogP) is 4.97. The first-order chi connectivity index (χ1) is 13.4. The van der Waals surface area contributed by atoms with Crippen LogP contribution in [0.3, 0.4) is 0 Å². The summed E-state index contributed by atoms with van der Waals surface area (Å²) in [5.74, 6) is 0.137. The molecule has 6 heteroatoms. The number of halogens is 1. The Morgan fingerprint density at radius 3 is 2.39 bits per heavy atom. The third-order valence-electron chi connectivity index (χ3n) is 4.28. The summed E-state index contributed by atoms with van der Waals surface area (Å²) in [6.07, 6.45) is 4.93. The number of aromatic nitrogens is 3. The molecule has 28 heavy (non-hydrogen) atoms. The molecule has 0 unspecified atom stereocenters. The number of hydrogen-bond donors (Lipinski definition) is 0. The minimum absolute atomic E-state index is 0.0334. The van der Waals surface area contributed by atoms with Gasteiger partial charge >= 0.3 is 0 Å². The minimum atomic E-state index is -0.0848. The van der Waals surface area contributed by atoms with E-state index >= 15 is 0 Å². The van der Waals surface area contributed by atoms with E-state index in [1.54, 1.807) is 41.2 Å². The largest absolute Gasteiger partial charge is 0.292 e. The molecule has 0 aliphatic heterocycles. The maximum absolute atomic E-state index is 12.5. The lowest BCUT2D eigenvalue weighted by atomic mass is 10.0. The lowest BCUT2D eigenvalue weighted by Gasteiger charge is -2.05. The number of carbonyl (C=O) groups excluding carboxylic acids is 2. The van der Waals surface area contributed by atoms with Crippen LogP contribution < -0.4 is 0 Å². The SMILES string of the molecule is CC(C)CC(=O)c1cccc(C(=O)CCc2cnn(-c3ccc(Cl)cc3)c2)n1. The van der Waals surface area contributed by atoms with Crippen molar-refractivity contribution in [3.63, 3.8) is 0 Å². The van der Waals surface area contributed by atoms with Gasteiger partial charge in [0.15, 0.2) is 11.6 Å². The van der Waals surface area contributed by atoms with E-state index in [2.05, 4.69) is 10.1 Å². The molecule has 0 fully saturated rings. The van der Waals surface area contributed by atoms with Gasteiger partial charge < -0.3 is 0 Å². The number of benzene rings is 1. The number of aryl methyl sites for hydroxylation is 1. The zero-order valence-corrected chi connectivity index (χ0v) is 16.7. The Balaban J connectivity index is 1.63. The Bertz CT molecular complexity index is 977. The number of ketones is 2. The van der Waals surface area contributed by atoms with Crippen LogP contribution in [-0.2, 0) is 6.42 Å². The molecule has 0 spiro atoms. The maximum Gasteiger partial charge on any atom is 0.181 e. The molecule has 0 aliphatic rings. The van der Waals surface area contributed by atoms with Gasteiger partial charge in [0.25, 0.3) is 0 Å². The van der Waals surface area contributed by atoms with Gasteiger partial charge in [-0.15, -0.1) is 0 Å². The fourth-order valence-corrected chi connectivity index (χ4v) is 2.96. The van der Waals surface area contributed by atoms with Crippen LogP contribution in [0, 0.1) is 5.92 Å². The van der Waals surface area contributed by atoms with Crippen molar-refractivity contribution in [3.8, 4) is 5.69 Å². The Hall–Kier alpha value is -2.79. The van der Waals surface area contributed by atoms with E-state index in [9.17, 15) is 9.59 Å². The summed E-state index contributed by atoms with van der Waals surface area (Å²) in [6.45, 7) is 3.97. The van der Waals surface area contributed by atoms with Gasteiger partial charge in [-0.1, -0.05) is 31.5 Å². The van der Waals surface area contributed by atoms with Crippen LogP contribution in [0.1, 0.15) is 53.2 Å². The number of pyridine rings is 1. The van der Waals surface area contributed by atoms with Crippen molar-refractivity contribution in [2.24, 2.45) is 5.92 Å². The molecule has 2 heterocycles. The molecule has 0 bridgehead atoms. The number of nitrogens with zero attached hydrogens (tertiary/aromatic N) is 3. The molecule has 0 atom stereocenters. The van der Waals surface area contributed by atoms with Gasteiger partial charge in [-0.25, -0.2) is 9.67 Å². The number of Topliss-reactive ketones (excluding diaryl/α,β-unsaturated/α-hetero) is 2. The van der Waals surface area contributed by atoms with E-state index < -0.39 is 0 Å². The molecular weight excluding hydrogens is 374 g/mol. The summed E-state index contributed by atoms with van der Waals surface area (Å²) in [6, 6.07) is 12.4. The molecule has 2 aromatic heterocycles. The quantitative estimate of drug-likeness (QED) is 0.505. The van der Waals surface area contributed by atoms with Crippen LogP contribution in [0.25, 0.3) is 5.69 Å². The van der Waals surface area contributed by atoms with E-state index in [4.69, 9.17) is 11.6 Å². The average molecular weight is 396 g/mol. The van der Waals surface area contributed by atoms with Crippen molar-refractivity contribution in [1.29, 1.82) is 0 Å². The van der Waals surface area contributed by atoms with Gasteiger partial charge in [-0.05, 0) is 54.3 Å². The molecule has 0 saturated heterocycles. The van der Waals surface area contributed by atoms with Gasteiger partial charge in [-0.3, -0.25) is 9.59 Å². The van der Waals surface area contributed by atoms with Crippen LogP contribution in [0.15, 0.2) is 54.9 Å². The number of rotatable bonds is 8. The predicted molar refractivity (Wildman–Crippen MR) is 109 cm³/mol. The van der Waals surface area contributed by atoms with Crippen LogP contribution >= 0.6 is 11.6 Å². The first kappa shape index (κ1) is 20.0. The average Bonchev–Trinajstić information content (AvgIpc) is 3.15. The topological polar surface area (TPSA) is 64.8 Å². The fourth-order valence-electron chi connectivity index (χ4n) is 2.83. The molecule has 0 saturated carbocycles. The molecule has 0 amide bonds. The molecule has 0 radical (unpaired) electrons. The summed E-state index contributed by atoms with van der Waals surface area (Å²) in [4.78, 5) is 29.0. The highest BCUT2D eigenvalue weighted by Gasteiger charge is 2.14. The molecule has 144 valence electrons. The summed E-state index contributed by atoms with van der Waals surface area (Å²) >= 11 is 5.91. The molecular formula is C22H22ClN3O2. The maximum atomic E-state index is 12.5. The van der Waals surface area contributed by atoms with Gasteiger partial charge in [-0.2, -0.15) is 5.10 Å². The summed E-state index contributed by atoms with van der Waals surface area (Å²) in [5.41, 5.74) is 2.55. The lowest BCUT2D eigenvalue weighted by Crippen LogP contribution is -2.10. The minimum Gasteiger partial charge on any atom is -0.292 e. The van der Waals surface area contributed by atoms with Crippen molar-refractivity contribution < 1.29 is 9.59 Å². The standard InChI is InChI=1S/C22H22ClN3O2/c1-15(2)12-22(28)20-5-3-4-19(25-20)21(27)11-6-16-13-24-26(14-16)18-9-7-17(23)8-10-18/h3-5,7-10,13-15H,6,11-12H2,1-2H3. The van der Waals surface area contributed by atoms with Crippen LogP contribution in [0.5, 0.6) is 0 Å². The highest BCUT2D eigenvalue weighted by Crippen LogP contribution is 2.15. The normalized spacial score (nSPS) is 11.0. The summed E-state index contributed by atoms with van der Waals surface area (Å²) in [5, 5.41) is 5.00. The zero-order chi connectivity index (χ0) is 20.1. The lowest BCUT2D eigenvalue weighted by molar-refractivity contribution is 0.0962. The second kappa shape index (κ2) is 8.93. The molecule has 0 aliphatic carbocycles. The second-order valence-electron chi connectivity index (χ2n) is 7.12. The molecule has 0 N–H and O–H groups in total. The fraction of sp³-hybridized carbons (Fsp3) is 0.273. The van der Waals surface area contributed by atoms with E-state index in [1.807, 2.05) is 32.2 Å². The highest BCUT2D eigenvalue weighted by molar-refractivity contribution is 6.30. The molecule has 1 aromatic carbocycles. The van der Waals surface area contributed by atoms with E-state index in [0.29, 0.717) is 35.7 Å². The Morgan fingerprint density at radius 2 is 1.71 bits per heavy atom. The van der Waals surface area contributed by atoms with Gasteiger partial charge in [0.05, 0.1) is 11.9 Å². The van der Waals surface area contributed by atoms with Crippen LogP contribution in [0.4, 0.5) is 0 Å². The molecule has 5 nitrogen and oxygen atoms in total. The molecule has 3 rings (SSSR count). The van der Waals surface area contributed by atoms with E-state index in [0.717, 1.165) is 11.3 Å². The first-order valence-corrected chi connectivity index (χ1v) is 9.63. The van der Waals surface area contributed by atoms with Crippen LogP contribution in [-0.4, -0.2) is 26.3 Å². The van der Waals surface area contributed by atoms with Crippen molar-refractivity contribution >= 4 is 23.2 Å². The Morgan fingerprint density at radius 1 is 1.04 bits per heavy atom. The summed E-state index contributed by atoms with van der Waals surface area (Å²) in [7, 11) is 0. The Labute approximate surface area is 169 Å². The monoisotopic (exact) mass is 395 g/mol. The third kappa shape index (κ3) is 5.14. The Kier molecular flexibility index (Phi) is 6.37. The van der Waals surface area contributed by atoms with Gasteiger partial charge in [0.1, 0.15) is 11.4 Å². The number of hydrogen-bond acceptors (Lipinski definition) is 4. The van der Waals surface area contributed by atoms with Crippen molar-refractivity contribution in [3.05, 3.63) is 76.8 Å². The zero-order valence-electron chi connectivity index (χ0n) is 15.9. The van der Waals surface area contributed by atoms with Crippen molar-refractivity contribution in [2.75, 3.05) is 0 Å². The summed E-state index contributed by atoms with van der Waals surface area (Å²) < 4.78 is 1.75. The first-order valence-electron chi connectivity index (χ1n) is 9.25.